The molecule has 5 rings (SSSR count). The number of anilines is 1. The van der Waals surface area contributed by atoms with Crippen LogP contribution in [0.1, 0.15) is 82.5 Å². The van der Waals surface area contributed by atoms with Gasteiger partial charge in [-0.1, -0.05) is 81.4 Å². The first-order valence-electron chi connectivity index (χ1n) is 13.3. The maximum Gasteiger partial charge on any atom is 0.338 e. The summed E-state index contributed by atoms with van der Waals surface area (Å²) in [4.78, 5) is 18.3. The number of allylic oxidation sites excluding steroid dienone is 1. The third kappa shape index (κ3) is 5.65. The van der Waals surface area contributed by atoms with Crippen molar-refractivity contribution < 1.29 is 13.9 Å². The number of thioether (sulfide) groups is 1. The molecule has 6 nitrogen and oxygen atoms in total. The van der Waals surface area contributed by atoms with Gasteiger partial charge >= 0.3 is 5.97 Å². The smallest absolute Gasteiger partial charge is 0.338 e. The number of nitrogens with zero attached hydrogens (tertiary/aromatic N) is 3. The van der Waals surface area contributed by atoms with Gasteiger partial charge in [0.1, 0.15) is 18.0 Å². The van der Waals surface area contributed by atoms with E-state index < -0.39 is 6.04 Å². The number of hydrogen-bond donors (Lipinski definition) is 1. The Morgan fingerprint density at radius 3 is 2.50 bits per heavy atom. The zero-order valence-electron chi connectivity index (χ0n) is 22.5. The summed E-state index contributed by atoms with van der Waals surface area (Å²) in [5.74, 6) is 0.402. The van der Waals surface area contributed by atoms with E-state index in [1.54, 1.807) is 16.8 Å². The van der Waals surface area contributed by atoms with E-state index in [1.807, 2.05) is 13.0 Å². The average Bonchev–Trinajstić information content (AvgIpc) is 3.30. The predicted molar refractivity (Wildman–Crippen MR) is 149 cm³/mol. The number of esters is 1. The summed E-state index contributed by atoms with van der Waals surface area (Å²) >= 11 is 1.37. The Balaban J connectivity index is 1.48. The van der Waals surface area contributed by atoms with Gasteiger partial charge in [-0.15, -0.1) is 5.10 Å². The second kappa shape index (κ2) is 10.9. The Labute approximate surface area is 228 Å². The Morgan fingerprint density at radius 2 is 1.82 bits per heavy atom. The molecule has 38 heavy (non-hydrogen) atoms. The number of hydrogen-bond acceptors (Lipinski definition) is 6. The van der Waals surface area contributed by atoms with Crippen molar-refractivity contribution in [3.63, 3.8) is 0 Å². The lowest BCUT2D eigenvalue weighted by Crippen LogP contribution is -2.32. The SMILES string of the molecule is CC1=C(C(=O)OC2CCCCC2)C(c2ccc(C(C)(C)C)cc2)n2nc(SCc3ccccc3F)nc2N1. The van der Waals surface area contributed by atoms with Crippen molar-refractivity contribution in [3.05, 3.63) is 82.3 Å². The van der Waals surface area contributed by atoms with Gasteiger partial charge in [-0.05, 0) is 60.8 Å². The van der Waals surface area contributed by atoms with Crippen molar-refractivity contribution in [1.82, 2.24) is 14.8 Å². The largest absolute Gasteiger partial charge is 0.459 e. The molecule has 1 aromatic heterocycles. The molecule has 3 aromatic rings. The summed E-state index contributed by atoms with van der Waals surface area (Å²) in [6, 6.07) is 14.6. The molecule has 0 amide bonds. The van der Waals surface area contributed by atoms with Crippen LogP contribution < -0.4 is 5.32 Å². The highest BCUT2D eigenvalue weighted by molar-refractivity contribution is 7.98. The van der Waals surface area contributed by atoms with Gasteiger partial charge in [-0.25, -0.2) is 13.9 Å². The monoisotopic (exact) mass is 534 g/mol. The van der Waals surface area contributed by atoms with Crippen LogP contribution in [0.5, 0.6) is 0 Å². The quantitative estimate of drug-likeness (QED) is 0.267. The maximum absolute atomic E-state index is 14.2. The third-order valence-electron chi connectivity index (χ3n) is 7.29. The van der Waals surface area contributed by atoms with Gasteiger partial charge in [0.25, 0.3) is 0 Å². The first-order chi connectivity index (χ1) is 18.2. The van der Waals surface area contributed by atoms with Crippen molar-refractivity contribution in [2.45, 2.75) is 88.3 Å². The Hall–Kier alpha value is -3.13. The van der Waals surface area contributed by atoms with Crippen molar-refractivity contribution >= 4 is 23.7 Å². The van der Waals surface area contributed by atoms with E-state index in [9.17, 15) is 9.18 Å². The molecule has 8 heteroatoms. The Morgan fingerprint density at radius 1 is 1.11 bits per heavy atom. The highest BCUT2D eigenvalue weighted by Gasteiger charge is 2.36. The molecule has 1 N–H and O–H groups in total. The summed E-state index contributed by atoms with van der Waals surface area (Å²) in [7, 11) is 0. The van der Waals surface area contributed by atoms with Gasteiger partial charge in [0.2, 0.25) is 11.1 Å². The summed E-state index contributed by atoms with van der Waals surface area (Å²) < 4.78 is 22.0. The van der Waals surface area contributed by atoms with E-state index in [2.05, 4.69) is 55.3 Å². The molecular formula is C30H35FN4O2S. The number of ether oxygens (including phenoxy) is 1. The minimum atomic E-state index is -0.480. The minimum Gasteiger partial charge on any atom is -0.459 e. The second-order valence-corrected chi connectivity index (χ2v) is 12.1. The van der Waals surface area contributed by atoms with Crippen LogP contribution in [-0.2, 0) is 20.7 Å². The van der Waals surface area contributed by atoms with E-state index in [4.69, 9.17) is 9.84 Å². The number of rotatable bonds is 6. The van der Waals surface area contributed by atoms with Crippen molar-refractivity contribution in [2.75, 3.05) is 5.32 Å². The van der Waals surface area contributed by atoms with Crippen LogP contribution in [0.25, 0.3) is 0 Å². The fourth-order valence-electron chi connectivity index (χ4n) is 5.09. The highest BCUT2D eigenvalue weighted by atomic mass is 32.2. The summed E-state index contributed by atoms with van der Waals surface area (Å²) in [5.41, 5.74) is 4.01. The molecule has 1 fully saturated rings. The lowest BCUT2D eigenvalue weighted by Gasteiger charge is -2.30. The number of nitrogens with one attached hydrogen (secondary N) is 1. The Bertz CT molecular complexity index is 1340. The maximum atomic E-state index is 14.2. The van der Waals surface area contributed by atoms with Crippen LogP contribution in [0, 0.1) is 5.82 Å². The van der Waals surface area contributed by atoms with Crippen molar-refractivity contribution in [2.24, 2.45) is 0 Å². The van der Waals surface area contributed by atoms with Gasteiger partial charge < -0.3 is 10.1 Å². The third-order valence-corrected chi connectivity index (χ3v) is 8.17. The summed E-state index contributed by atoms with van der Waals surface area (Å²) in [6.07, 6.45) is 5.12. The van der Waals surface area contributed by atoms with Gasteiger partial charge in [0.05, 0.1) is 5.57 Å². The number of aromatic nitrogens is 3. The predicted octanol–water partition coefficient (Wildman–Crippen LogP) is 7.17. The first-order valence-corrected chi connectivity index (χ1v) is 14.3. The first kappa shape index (κ1) is 26.5. The summed E-state index contributed by atoms with van der Waals surface area (Å²) in [6.45, 7) is 8.42. The van der Waals surface area contributed by atoms with Crippen LogP contribution in [0.15, 0.2) is 65.0 Å². The molecule has 1 aliphatic carbocycles. The zero-order chi connectivity index (χ0) is 26.9. The molecule has 1 atom stereocenters. The fraction of sp³-hybridized carbons (Fsp3) is 0.433. The van der Waals surface area contributed by atoms with E-state index >= 15 is 0 Å². The number of halogens is 1. The standard InChI is InChI=1S/C30H35FN4O2S/c1-19-25(27(36)37-23-11-6-5-7-12-23)26(20-14-16-22(17-15-20)30(2,3)4)35-28(32-19)33-29(34-35)38-18-21-10-8-9-13-24(21)31/h8-10,13-17,23,26H,5-7,11-12,18H2,1-4H3,(H,32,33,34). The molecule has 2 heterocycles. The van der Waals surface area contributed by atoms with Gasteiger partial charge in [-0.2, -0.15) is 4.98 Å². The molecular weight excluding hydrogens is 499 g/mol. The van der Waals surface area contributed by atoms with E-state index in [0.29, 0.717) is 33.7 Å². The molecule has 0 spiro atoms. The van der Waals surface area contributed by atoms with Crippen molar-refractivity contribution in [3.8, 4) is 0 Å². The lowest BCUT2D eigenvalue weighted by atomic mass is 9.85. The second-order valence-electron chi connectivity index (χ2n) is 11.1. The molecule has 2 aromatic carbocycles. The molecule has 2 aliphatic rings. The number of benzene rings is 2. The number of carbonyl (C=O) groups excluding carboxylic acids is 1. The van der Waals surface area contributed by atoms with Crippen LogP contribution in [0.2, 0.25) is 0 Å². The number of carbonyl (C=O) groups is 1. The minimum absolute atomic E-state index is 0.0100. The molecule has 1 saturated carbocycles. The summed E-state index contributed by atoms with van der Waals surface area (Å²) in [5, 5.41) is 8.57. The van der Waals surface area contributed by atoms with E-state index in [0.717, 1.165) is 31.2 Å². The van der Waals surface area contributed by atoms with Gasteiger partial charge in [-0.3, -0.25) is 0 Å². The average molecular weight is 535 g/mol. The van der Waals surface area contributed by atoms with Crippen LogP contribution >= 0.6 is 11.8 Å². The molecule has 200 valence electrons. The van der Waals surface area contributed by atoms with Crippen LogP contribution in [0.4, 0.5) is 10.3 Å². The topological polar surface area (TPSA) is 69.0 Å². The molecule has 0 bridgehead atoms. The number of fused-ring (bicyclic) bond motifs is 1. The molecule has 0 saturated heterocycles. The normalized spacial score (nSPS) is 18.2. The lowest BCUT2D eigenvalue weighted by molar-refractivity contribution is -0.146. The van der Waals surface area contributed by atoms with E-state index in [1.165, 1.54) is 29.8 Å². The fourth-order valence-corrected chi connectivity index (χ4v) is 5.90. The van der Waals surface area contributed by atoms with Crippen LogP contribution in [0.3, 0.4) is 0 Å². The van der Waals surface area contributed by atoms with E-state index in [-0.39, 0.29) is 23.3 Å². The molecule has 0 radical (unpaired) electrons. The Kier molecular flexibility index (Phi) is 7.61. The van der Waals surface area contributed by atoms with Crippen molar-refractivity contribution in [1.29, 1.82) is 0 Å². The van der Waals surface area contributed by atoms with Crippen LogP contribution in [-0.4, -0.2) is 26.8 Å². The molecule has 1 aliphatic heterocycles. The molecule has 1 unspecified atom stereocenters. The van der Waals surface area contributed by atoms with Gasteiger partial charge in [0, 0.05) is 11.4 Å². The highest BCUT2D eigenvalue weighted by Crippen LogP contribution is 2.38. The zero-order valence-corrected chi connectivity index (χ0v) is 23.3. The van der Waals surface area contributed by atoms with Gasteiger partial charge in [0.15, 0.2) is 0 Å².